The standard InChI is InChI=1S/C7H14O.2C4H7O.Y/c1-5(2)7(8)6(3)4;2*1-4(2)3-5;/h5-6H,1-4H3;2*4H,1-2H3;/q;2*-1;. The van der Waals surface area contributed by atoms with E-state index in [1.54, 1.807) is 40.3 Å². The van der Waals surface area contributed by atoms with Crippen molar-refractivity contribution in [1.29, 1.82) is 0 Å². The summed E-state index contributed by atoms with van der Waals surface area (Å²) >= 11 is 0. The predicted octanol–water partition coefficient (Wildman–Crippen LogP) is 3.37. The first-order valence-electron chi connectivity index (χ1n) is 6.39. The number of rotatable bonds is 4. The molecule has 3 nitrogen and oxygen atoms in total. The van der Waals surface area contributed by atoms with Crippen molar-refractivity contribution in [3.8, 4) is 0 Å². The molecule has 0 aliphatic rings. The molecule has 111 valence electrons. The maximum Gasteiger partial charge on any atom is 0.137 e. The Bertz CT molecular complexity index is 199. The van der Waals surface area contributed by atoms with E-state index < -0.39 is 0 Å². The third-order valence-corrected chi connectivity index (χ3v) is 1.61. The summed E-state index contributed by atoms with van der Waals surface area (Å²) in [6.07, 6.45) is 3.56. The number of hydrogen-bond acceptors (Lipinski definition) is 3. The minimum Gasteiger partial charge on any atom is -0.542 e. The second kappa shape index (κ2) is 18.1. The quantitative estimate of drug-likeness (QED) is 0.734. The van der Waals surface area contributed by atoms with E-state index >= 15 is 0 Å². The van der Waals surface area contributed by atoms with Gasteiger partial charge in [-0.25, -0.2) is 0 Å². The number of carbonyl (C=O) groups is 1. The van der Waals surface area contributed by atoms with Crippen LogP contribution >= 0.6 is 0 Å². The van der Waals surface area contributed by atoms with Crippen molar-refractivity contribution >= 4 is 18.4 Å². The monoisotopic (exact) mass is 345 g/mol. The van der Waals surface area contributed by atoms with Crippen LogP contribution in [0, 0.1) is 23.7 Å². The van der Waals surface area contributed by atoms with Gasteiger partial charge in [0.2, 0.25) is 0 Å². The zero-order valence-electron chi connectivity index (χ0n) is 13.6. The number of carbonyl (C=O) groups excluding carboxylic acids is 3. The van der Waals surface area contributed by atoms with Crippen LogP contribution in [0.2, 0.25) is 0 Å². The van der Waals surface area contributed by atoms with Gasteiger partial charge in [-0.05, 0) is 0 Å². The first-order chi connectivity index (χ1) is 8.09. The van der Waals surface area contributed by atoms with E-state index in [1.165, 1.54) is 0 Å². The van der Waals surface area contributed by atoms with Gasteiger partial charge in [0.25, 0.3) is 0 Å². The van der Waals surface area contributed by atoms with E-state index in [-0.39, 0.29) is 56.4 Å². The molecule has 0 heterocycles. The molecule has 0 bridgehead atoms. The van der Waals surface area contributed by atoms with Gasteiger partial charge < -0.3 is 9.59 Å². The van der Waals surface area contributed by atoms with Crippen LogP contribution in [0.1, 0.15) is 55.4 Å². The maximum absolute atomic E-state index is 10.8. The largest absolute Gasteiger partial charge is 0.542 e. The van der Waals surface area contributed by atoms with Crippen molar-refractivity contribution in [1.82, 2.24) is 0 Å². The van der Waals surface area contributed by atoms with E-state index in [1.807, 2.05) is 27.7 Å². The van der Waals surface area contributed by atoms with Crippen molar-refractivity contribution in [3.05, 3.63) is 0 Å². The molecular formula is C15H28O3Y-2. The molecule has 1 radical (unpaired) electrons. The Morgan fingerprint density at radius 3 is 0.842 bits per heavy atom. The molecule has 0 aromatic carbocycles. The third-order valence-electron chi connectivity index (χ3n) is 1.61. The first kappa shape index (κ1) is 27.5. The SMILES string of the molecule is CC(C)C(=O)C(C)C.CC(C)[C-]=O.CC(C)[C-]=O.[Y]. The normalized spacial score (nSPS) is 9.05. The van der Waals surface area contributed by atoms with Gasteiger partial charge in [-0.3, -0.25) is 17.4 Å². The molecule has 0 aromatic heterocycles. The van der Waals surface area contributed by atoms with E-state index in [0.717, 1.165) is 0 Å². The Morgan fingerprint density at radius 1 is 0.684 bits per heavy atom. The fourth-order valence-electron chi connectivity index (χ4n) is 0.667. The molecule has 0 spiro atoms. The summed E-state index contributed by atoms with van der Waals surface area (Å²) in [4.78, 5) is 29.6. The van der Waals surface area contributed by atoms with Gasteiger partial charge in [0.1, 0.15) is 5.78 Å². The molecule has 0 atom stereocenters. The molecule has 0 amide bonds. The maximum atomic E-state index is 10.8. The number of hydrogen-bond donors (Lipinski definition) is 0. The first-order valence-corrected chi connectivity index (χ1v) is 6.39. The van der Waals surface area contributed by atoms with Crippen LogP contribution < -0.4 is 0 Å². The van der Waals surface area contributed by atoms with Crippen LogP contribution in [-0.2, 0) is 47.1 Å². The van der Waals surface area contributed by atoms with Gasteiger partial charge in [-0.15, -0.1) is 11.8 Å². The Kier molecular flexibility index (Phi) is 26.2. The van der Waals surface area contributed by atoms with Crippen molar-refractivity contribution in [3.63, 3.8) is 0 Å². The van der Waals surface area contributed by atoms with Gasteiger partial charge in [0.05, 0.1) is 0 Å². The number of Topliss-reactive ketones (excluding diaryl/α,β-unsaturated/α-hetero) is 1. The molecule has 0 N–H and O–H groups in total. The summed E-state index contributed by atoms with van der Waals surface area (Å²) in [6.45, 7) is 14.9. The Hall–Kier alpha value is 0.114. The van der Waals surface area contributed by atoms with E-state index in [0.29, 0.717) is 5.78 Å². The molecule has 0 rings (SSSR count). The van der Waals surface area contributed by atoms with Crippen molar-refractivity contribution in [2.45, 2.75) is 55.4 Å². The van der Waals surface area contributed by atoms with Crippen molar-refractivity contribution in [2.24, 2.45) is 23.7 Å². The zero-order chi connectivity index (χ0) is 15.3. The van der Waals surface area contributed by atoms with Gasteiger partial charge in [-0.2, -0.15) is 0 Å². The smallest absolute Gasteiger partial charge is 0.137 e. The third kappa shape index (κ3) is 32.1. The van der Waals surface area contributed by atoms with Crippen LogP contribution in [0.5, 0.6) is 0 Å². The Morgan fingerprint density at radius 2 is 0.842 bits per heavy atom. The minimum atomic E-state index is 0. The second-order valence-corrected chi connectivity index (χ2v) is 5.26. The van der Waals surface area contributed by atoms with Crippen LogP contribution in [0.3, 0.4) is 0 Å². The van der Waals surface area contributed by atoms with Crippen LogP contribution in [0.4, 0.5) is 0 Å². The average Bonchev–Trinajstić information content (AvgIpc) is 2.29. The summed E-state index contributed by atoms with van der Waals surface area (Å²) < 4.78 is 0. The fraction of sp³-hybridized carbons (Fsp3) is 0.800. The average molecular weight is 345 g/mol. The molecule has 0 fully saturated rings. The molecule has 19 heavy (non-hydrogen) atoms. The molecule has 0 saturated heterocycles. The predicted molar refractivity (Wildman–Crippen MR) is 75.7 cm³/mol. The topological polar surface area (TPSA) is 51.2 Å². The molecule has 0 unspecified atom stereocenters. The summed E-state index contributed by atoms with van der Waals surface area (Å²) in [5, 5.41) is 0. The minimum absolute atomic E-state index is 0. The van der Waals surface area contributed by atoms with E-state index in [9.17, 15) is 14.4 Å². The summed E-state index contributed by atoms with van der Waals surface area (Å²) in [5.41, 5.74) is 0. The summed E-state index contributed by atoms with van der Waals surface area (Å²) in [5.74, 6) is 0.917. The molecule has 4 heteroatoms. The van der Waals surface area contributed by atoms with Crippen LogP contribution in [-0.4, -0.2) is 18.4 Å². The fourth-order valence-corrected chi connectivity index (χ4v) is 0.667. The van der Waals surface area contributed by atoms with Gasteiger partial charge in [0, 0.05) is 44.5 Å². The molecular weight excluding hydrogens is 317 g/mol. The Balaban J connectivity index is -0.0000000906. The Labute approximate surface area is 144 Å². The molecule has 0 aliphatic heterocycles. The second-order valence-electron chi connectivity index (χ2n) is 5.26. The van der Waals surface area contributed by atoms with Gasteiger partial charge >= 0.3 is 0 Å². The van der Waals surface area contributed by atoms with E-state index in [4.69, 9.17) is 0 Å². The van der Waals surface area contributed by atoms with Crippen molar-refractivity contribution in [2.75, 3.05) is 0 Å². The van der Waals surface area contributed by atoms with Crippen LogP contribution in [0.15, 0.2) is 0 Å². The molecule has 0 aliphatic carbocycles. The summed E-state index contributed by atoms with van der Waals surface area (Å²) in [6, 6.07) is 0. The molecule has 0 saturated carbocycles. The van der Waals surface area contributed by atoms with Gasteiger partial charge in [-0.1, -0.05) is 55.4 Å². The van der Waals surface area contributed by atoms with Crippen molar-refractivity contribution < 1.29 is 47.1 Å². The van der Waals surface area contributed by atoms with Crippen LogP contribution in [0.25, 0.3) is 0 Å². The zero-order valence-corrected chi connectivity index (χ0v) is 16.4. The molecule has 0 aromatic rings. The summed E-state index contributed by atoms with van der Waals surface area (Å²) in [7, 11) is 0. The van der Waals surface area contributed by atoms with E-state index in [2.05, 4.69) is 0 Å². The number of ketones is 1. The van der Waals surface area contributed by atoms with Gasteiger partial charge in [0.15, 0.2) is 0 Å².